The van der Waals surface area contributed by atoms with Crippen molar-refractivity contribution in [3.63, 3.8) is 0 Å². The van der Waals surface area contributed by atoms with Gasteiger partial charge in [-0.25, -0.2) is 13.1 Å². The maximum absolute atomic E-state index is 13.6. The number of sulfonamides is 1. The minimum atomic E-state index is -3.80. The average molecular weight is 508 g/mol. The van der Waals surface area contributed by atoms with Gasteiger partial charge in [0, 0.05) is 24.2 Å². The van der Waals surface area contributed by atoms with Gasteiger partial charge in [-0.15, -0.1) is 0 Å². The fraction of sp³-hybridized carbons (Fsp3) is 0.129. The third kappa shape index (κ3) is 6.05. The van der Waals surface area contributed by atoms with Gasteiger partial charge in [-0.3, -0.25) is 4.68 Å². The van der Waals surface area contributed by atoms with Gasteiger partial charge in [0.1, 0.15) is 10.6 Å². The summed E-state index contributed by atoms with van der Waals surface area (Å²) < 4.78 is 31.7. The van der Waals surface area contributed by atoms with Gasteiger partial charge in [0.25, 0.3) is 0 Å². The van der Waals surface area contributed by atoms with Crippen LogP contribution in [0.15, 0.2) is 132 Å². The van der Waals surface area contributed by atoms with E-state index in [0.717, 1.165) is 22.3 Å². The number of hydrogen-bond acceptors (Lipinski definition) is 3. The second-order valence-electron chi connectivity index (χ2n) is 8.95. The van der Waals surface area contributed by atoms with Crippen LogP contribution in [0.4, 0.5) is 0 Å². The monoisotopic (exact) mass is 507 g/mol. The summed E-state index contributed by atoms with van der Waals surface area (Å²) >= 11 is 0. The molecule has 186 valence electrons. The molecule has 0 atom stereocenters. The molecular weight excluding hydrogens is 478 g/mol. The van der Waals surface area contributed by atoms with Crippen molar-refractivity contribution in [1.29, 1.82) is 0 Å². The van der Waals surface area contributed by atoms with Crippen LogP contribution in [0.2, 0.25) is 0 Å². The van der Waals surface area contributed by atoms with Gasteiger partial charge in [0.05, 0.1) is 6.54 Å². The quantitative estimate of drug-likeness (QED) is 0.248. The molecule has 0 saturated carbocycles. The number of aromatic nitrogens is 2. The summed E-state index contributed by atoms with van der Waals surface area (Å²) in [4.78, 5) is 0.186. The highest BCUT2D eigenvalue weighted by atomic mass is 32.2. The lowest BCUT2D eigenvalue weighted by Gasteiger charge is -2.18. The predicted octanol–water partition coefficient (Wildman–Crippen LogP) is 6.10. The maximum Gasteiger partial charge on any atom is 0.244 e. The van der Waals surface area contributed by atoms with Crippen molar-refractivity contribution in [1.82, 2.24) is 14.5 Å². The van der Waals surface area contributed by atoms with Crippen molar-refractivity contribution in [2.24, 2.45) is 0 Å². The van der Waals surface area contributed by atoms with Crippen molar-refractivity contribution in [2.45, 2.75) is 23.8 Å². The SMILES string of the molecule is O=S(=O)(NCCC(c1ccccc1)c1ccccc1)c1cn(Cc2ccccc2)nc1-c1ccccc1. The van der Waals surface area contributed by atoms with E-state index in [1.165, 1.54) is 0 Å². The van der Waals surface area contributed by atoms with Gasteiger partial charge >= 0.3 is 0 Å². The molecule has 0 aliphatic rings. The van der Waals surface area contributed by atoms with Crippen LogP contribution in [-0.2, 0) is 16.6 Å². The molecule has 0 spiro atoms. The van der Waals surface area contributed by atoms with Crippen LogP contribution in [0.3, 0.4) is 0 Å². The van der Waals surface area contributed by atoms with Gasteiger partial charge in [0.15, 0.2) is 0 Å². The number of hydrogen-bond donors (Lipinski definition) is 1. The zero-order valence-electron chi connectivity index (χ0n) is 20.4. The van der Waals surface area contributed by atoms with Crippen LogP contribution >= 0.6 is 0 Å². The Morgan fingerprint density at radius 1 is 0.703 bits per heavy atom. The predicted molar refractivity (Wildman–Crippen MR) is 148 cm³/mol. The number of rotatable bonds is 10. The Morgan fingerprint density at radius 2 is 1.22 bits per heavy atom. The van der Waals surface area contributed by atoms with Crippen LogP contribution in [0.1, 0.15) is 29.0 Å². The normalized spacial score (nSPS) is 11.6. The minimum Gasteiger partial charge on any atom is -0.266 e. The van der Waals surface area contributed by atoms with E-state index < -0.39 is 10.0 Å². The molecule has 1 aromatic heterocycles. The van der Waals surface area contributed by atoms with Crippen molar-refractivity contribution in [2.75, 3.05) is 6.54 Å². The molecule has 4 aromatic carbocycles. The van der Waals surface area contributed by atoms with E-state index in [9.17, 15) is 8.42 Å². The van der Waals surface area contributed by atoms with E-state index in [1.807, 2.05) is 97.1 Å². The molecule has 0 saturated heterocycles. The highest BCUT2D eigenvalue weighted by Crippen LogP contribution is 2.29. The van der Waals surface area contributed by atoms with Crippen molar-refractivity contribution < 1.29 is 8.42 Å². The Morgan fingerprint density at radius 3 is 1.78 bits per heavy atom. The van der Waals surface area contributed by atoms with Crippen LogP contribution in [0.5, 0.6) is 0 Å². The Hall–Kier alpha value is -4.00. The molecular formula is C31H29N3O2S. The van der Waals surface area contributed by atoms with E-state index in [-0.39, 0.29) is 10.8 Å². The van der Waals surface area contributed by atoms with Gasteiger partial charge in [-0.2, -0.15) is 5.10 Å². The number of nitrogens with one attached hydrogen (secondary N) is 1. The topological polar surface area (TPSA) is 64.0 Å². The molecule has 0 amide bonds. The molecule has 1 heterocycles. The largest absolute Gasteiger partial charge is 0.266 e. The molecule has 37 heavy (non-hydrogen) atoms. The molecule has 0 fully saturated rings. The summed E-state index contributed by atoms with van der Waals surface area (Å²) in [6, 6.07) is 39.8. The number of benzene rings is 4. The van der Waals surface area contributed by atoms with Crippen LogP contribution in [0, 0.1) is 0 Å². The van der Waals surface area contributed by atoms with E-state index >= 15 is 0 Å². The molecule has 0 bridgehead atoms. The minimum absolute atomic E-state index is 0.0829. The summed E-state index contributed by atoms with van der Waals surface area (Å²) in [7, 11) is -3.80. The van der Waals surface area contributed by atoms with Crippen molar-refractivity contribution >= 4 is 10.0 Å². The van der Waals surface area contributed by atoms with Crippen molar-refractivity contribution in [3.05, 3.63) is 144 Å². The highest BCUT2D eigenvalue weighted by Gasteiger charge is 2.24. The lowest BCUT2D eigenvalue weighted by atomic mass is 9.89. The zero-order chi connectivity index (χ0) is 25.5. The molecule has 5 nitrogen and oxygen atoms in total. The second kappa shape index (κ2) is 11.4. The first kappa shape index (κ1) is 24.7. The molecule has 0 aliphatic heterocycles. The van der Waals surface area contributed by atoms with Crippen LogP contribution < -0.4 is 4.72 Å². The summed E-state index contributed by atoms with van der Waals surface area (Å²) in [6.45, 7) is 0.787. The fourth-order valence-corrected chi connectivity index (χ4v) is 5.77. The fourth-order valence-electron chi connectivity index (χ4n) is 4.56. The first-order valence-electron chi connectivity index (χ1n) is 12.4. The Kier molecular flexibility index (Phi) is 7.59. The van der Waals surface area contributed by atoms with E-state index in [0.29, 0.717) is 25.2 Å². The molecule has 5 rings (SSSR count). The van der Waals surface area contributed by atoms with E-state index in [4.69, 9.17) is 0 Å². The van der Waals surface area contributed by atoms with E-state index in [1.54, 1.807) is 10.9 Å². The van der Waals surface area contributed by atoms with Crippen LogP contribution in [0.25, 0.3) is 11.3 Å². The van der Waals surface area contributed by atoms with Gasteiger partial charge in [-0.05, 0) is 23.1 Å². The molecule has 0 radical (unpaired) electrons. The second-order valence-corrected chi connectivity index (χ2v) is 10.7. The summed E-state index contributed by atoms with van der Waals surface area (Å²) in [6.07, 6.45) is 2.26. The Balaban J connectivity index is 1.40. The third-order valence-corrected chi connectivity index (χ3v) is 7.84. The summed E-state index contributed by atoms with van der Waals surface area (Å²) in [5.74, 6) is 0.0829. The molecule has 1 N–H and O–H groups in total. The van der Waals surface area contributed by atoms with Gasteiger partial charge in [-0.1, -0.05) is 121 Å². The third-order valence-electron chi connectivity index (χ3n) is 6.38. The summed E-state index contributed by atoms with van der Waals surface area (Å²) in [5.41, 5.74) is 4.59. The number of nitrogens with zero attached hydrogens (tertiary/aromatic N) is 2. The molecule has 0 aliphatic carbocycles. The Bertz CT molecular complexity index is 1480. The summed E-state index contributed by atoms with van der Waals surface area (Å²) in [5, 5.41) is 4.68. The zero-order valence-corrected chi connectivity index (χ0v) is 21.3. The highest BCUT2D eigenvalue weighted by molar-refractivity contribution is 7.89. The lowest BCUT2D eigenvalue weighted by Crippen LogP contribution is -2.26. The van der Waals surface area contributed by atoms with Crippen molar-refractivity contribution in [3.8, 4) is 11.3 Å². The molecule has 6 heteroatoms. The average Bonchev–Trinajstić information content (AvgIpc) is 3.38. The Labute approximate surface area is 218 Å². The standard InChI is InChI=1S/C31H29N3O2S/c35-37(36,32-22-21-29(26-15-7-2-8-16-26)27-17-9-3-10-18-27)30-24-34(23-25-13-5-1-6-14-25)33-31(30)28-19-11-4-12-20-28/h1-20,24,29,32H,21-23H2. The first-order chi connectivity index (χ1) is 18.1. The van der Waals surface area contributed by atoms with E-state index in [2.05, 4.69) is 34.1 Å². The van der Waals surface area contributed by atoms with Gasteiger partial charge in [0.2, 0.25) is 10.0 Å². The lowest BCUT2D eigenvalue weighted by molar-refractivity contribution is 0.575. The first-order valence-corrected chi connectivity index (χ1v) is 13.8. The van der Waals surface area contributed by atoms with Crippen LogP contribution in [-0.4, -0.2) is 24.7 Å². The van der Waals surface area contributed by atoms with Gasteiger partial charge < -0.3 is 0 Å². The smallest absolute Gasteiger partial charge is 0.244 e. The maximum atomic E-state index is 13.6. The molecule has 0 unspecified atom stereocenters. The molecule has 5 aromatic rings.